The lowest BCUT2D eigenvalue weighted by atomic mass is 10.00. The Hall–Kier alpha value is 0.130. The van der Waals surface area contributed by atoms with Crippen molar-refractivity contribution in [2.45, 2.75) is 31.7 Å². The summed E-state index contributed by atoms with van der Waals surface area (Å²) in [5, 5.41) is 2.92. The van der Waals surface area contributed by atoms with Gasteiger partial charge >= 0.3 is 0 Å². The van der Waals surface area contributed by atoms with Crippen molar-refractivity contribution in [2.75, 3.05) is 11.9 Å². The largest absolute Gasteiger partial charge is 0.335 e. The Morgan fingerprint density at radius 2 is 2.35 bits per heavy atom. The van der Waals surface area contributed by atoms with Gasteiger partial charge in [-0.1, -0.05) is 15.9 Å². The number of halogens is 2. The molecule has 0 saturated carbocycles. The highest BCUT2D eigenvalue weighted by Gasteiger charge is 2.28. The molecule has 2 rings (SSSR count). The summed E-state index contributed by atoms with van der Waals surface area (Å²) in [6.07, 6.45) is 4.57. The van der Waals surface area contributed by atoms with Gasteiger partial charge in [-0.3, -0.25) is 4.79 Å². The number of thiophene rings is 1. The molecule has 1 fully saturated rings. The first-order valence-corrected chi connectivity index (χ1v) is 8.63. The van der Waals surface area contributed by atoms with Crippen molar-refractivity contribution < 1.29 is 4.79 Å². The molecule has 1 aromatic heterocycles. The van der Waals surface area contributed by atoms with Gasteiger partial charge in [0.15, 0.2) is 0 Å². The van der Waals surface area contributed by atoms with Crippen LogP contribution in [-0.4, -0.2) is 28.7 Å². The third-order valence-corrected chi connectivity index (χ3v) is 5.43. The zero-order chi connectivity index (χ0) is 12.3. The molecule has 2 heterocycles. The maximum Gasteiger partial charge on any atom is 0.265 e. The molecule has 0 aliphatic carbocycles. The predicted molar refractivity (Wildman–Crippen MR) is 79.1 cm³/mol. The van der Waals surface area contributed by atoms with Crippen LogP contribution in [-0.2, 0) is 0 Å². The van der Waals surface area contributed by atoms with Crippen LogP contribution in [0.5, 0.6) is 0 Å². The van der Waals surface area contributed by atoms with Crippen LogP contribution in [0.1, 0.15) is 35.4 Å². The molecule has 0 radical (unpaired) electrons. The average Bonchev–Trinajstić information content (AvgIpc) is 2.76. The molecule has 2 nitrogen and oxygen atoms in total. The Morgan fingerprint density at radius 3 is 3.00 bits per heavy atom. The first kappa shape index (κ1) is 13.6. The maximum atomic E-state index is 12.5. The minimum absolute atomic E-state index is 0.192. The fourth-order valence-corrected chi connectivity index (χ4v) is 4.30. The van der Waals surface area contributed by atoms with E-state index in [-0.39, 0.29) is 5.91 Å². The number of likely N-dealkylation sites (tertiary alicyclic amines) is 1. The lowest BCUT2D eigenvalue weighted by molar-refractivity contribution is 0.0614. The molecular formula is C12H15Br2NOS. The number of alkyl halides is 1. The number of hydrogen-bond donors (Lipinski definition) is 0. The molecular weight excluding hydrogens is 366 g/mol. The standard InChI is InChI=1S/C12H15Br2NOS/c13-6-4-9-3-1-2-7-15(9)12(16)11-10(14)5-8-17-11/h5,8-9H,1-4,6-7H2. The molecule has 1 amide bonds. The van der Waals surface area contributed by atoms with Gasteiger partial charge in [-0.2, -0.15) is 0 Å². The van der Waals surface area contributed by atoms with Crippen LogP contribution in [0.4, 0.5) is 0 Å². The fourth-order valence-electron chi connectivity index (χ4n) is 2.27. The van der Waals surface area contributed by atoms with Gasteiger partial charge < -0.3 is 4.90 Å². The van der Waals surface area contributed by atoms with Crippen molar-refractivity contribution >= 4 is 49.1 Å². The third-order valence-electron chi connectivity index (χ3n) is 3.14. The summed E-state index contributed by atoms with van der Waals surface area (Å²) >= 11 is 8.45. The van der Waals surface area contributed by atoms with Gasteiger partial charge in [-0.05, 0) is 53.1 Å². The van der Waals surface area contributed by atoms with E-state index in [4.69, 9.17) is 0 Å². The summed E-state index contributed by atoms with van der Waals surface area (Å²) < 4.78 is 0.927. The minimum atomic E-state index is 0.192. The maximum absolute atomic E-state index is 12.5. The Balaban J connectivity index is 2.14. The number of amides is 1. The second kappa shape index (κ2) is 6.34. The molecule has 94 valence electrons. The van der Waals surface area contributed by atoms with E-state index >= 15 is 0 Å². The minimum Gasteiger partial charge on any atom is -0.335 e. The number of rotatable bonds is 3. The third kappa shape index (κ3) is 3.12. The number of nitrogens with zero attached hydrogens (tertiary/aromatic N) is 1. The van der Waals surface area contributed by atoms with Gasteiger partial charge in [0.05, 0.1) is 0 Å². The zero-order valence-corrected chi connectivity index (χ0v) is 13.5. The lowest BCUT2D eigenvalue weighted by Gasteiger charge is -2.35. The topological polar surface area (TPSA) is 20.3 Å². The monoisotopic (exact) mass is 379 g/mol. The molecule has 1 saturated heterocycles. The predicted octanol–water partition coefficient (Wildman–Crippen LogP) is 4.29. The zero-order valence-electron chi connectivity index (χ0n) is 9.49. The molecule has 17 heavy (non-hydrogen) atoms. The molecule has 0 N–H and O–H groups in total. The van der Waals surface area contributed by atoms with Crippen LogP contribution in [0.2, 0.25) is 0 Å². The number of carbonyl (C=O) groups is 1. The van der Waals surface area contributed by atoms with Crippen LogP contribution >= 0.6 is 43.2 Å². The molecule has 0 spiro atoms. The van der Waals surface area contributed by atoms with Crippen molar-refractivity contribution in [2.24, 2.45) is 0 Å². The highest BCUT2D eigenvalue weighted by Crippen LogP contribution is 2.28. The summed E-state index contributed by atoms with van der Waals surface area (Å²) in [5.74, 6) is 0.192. The molecule has 1 atom stereocenters. The van der Waals surface area contributed by atoms with E-state index in [0.717, 1.165) is 40.5 Å². The fraction of sp³-hybridized carbons (Fsp3) is 0.583. The van der Waals surface area contributed by atoms with E-state index in [2.05, 4.69) is 36.8 Å². The number of carbonyl (C=O) groups excluding carboxylic acids is 1. The molecule has 0 aromatic carbocycles. The van der Waals surface area contributed by atoms with Crippen molar-refractivity contribution in [1.29, 1.82) is 0 Å². The summed E-state index contributed by atoms with van der Waals surface area (Å²) in [7, 11) is 0. The van der Waals surface area contributed by atoms with E-state index in [1.165, 1.54) is 17.8 Å². The van der Waals surface area contributed by atoms with Crippen molar-refractivity contribution in [3.8, 4) is 0 Å². The van der Waals surface area contributed by atoms with E-state index in [1.807, 2.05) is 11.4 Å². The molecule has 1 aromatic rings. The second-order valence-corrected chi connectivity index (χ2v) is 6.79. The van der Waals surface area contributed by atoms with E-state index in [9.17, 15) is 4.79 Å². The Morgan fingerprint density at radius 1 is 1.53 bits per heavy atom. The average molecular weight is 381 g/mol. The van der Waals surface area contributed by atoms with E-state index in [0.29, 0.717) is 6.04 Å². The van der Waals surface area contributed by atoms with Gasteiger partial charge in [0, 0.05) is 22.4 Å². The highest BCUT2D eigenvalue weighted by molar-refractivity contribution is 9.10. The highest BCUT2D eigenvalue weighted by atomic mass is 79.9. The van der Waals surface area contributed by atoms with Crippen LogP contribution in [0, 0.1) is 0 Å². The van der Waals surface area contributed by atoms with Gasteiger partial charge in [-0.15, -0.1) is 11.3 Å². The lowest BCUT2D eigenvalue weighted by Crippen LogP contribution is -2.43. The van der Waals surface area contributed by atoms with Gasteiger partial charge in [0.1, 0.15) is 4.88 Å². The SMILES string of the molecule is O=C(c1sccc1Br)N1CCCCC1CCBr. The molecule has 5 heteroatoms. The van der Waals surface area contributed by atoms with Crippen LogP contribution in [0.25, 0.3) is 0 Å². The molecule has 1 unspecified atom stereocenters. The first-order valence-electron chi connectivity index (χ1n) is 5.84. The first-order chi connectivity index (χ1) is 8.24. The Kier molecular flexibility index (Phi) is 5.06. The van der Waals surface area contributed by atoms with Crippen LogP contribution in [0.3, 0.4) is 0 Å². The van der Waals surface area contributed by atoms with Gasteiger partial charge in [0.25, 0.3) is 5.91 Å². The summed E-state index contributed by atoms with van der Waals surface area (Å²) in [6, 6.07) is 2.35. The van der Waals surface area contributed by atoms with E-state index in [1.54, 1.807) is 0 Å². The number of hydrogen-bond acceptors (Lipinski definition) is 2. The Labute approximate surface area is 123 Å². The molecule has 1 aliphatic rings. The normalized spacial score (nSPS) is 20.6. The Bertz CT molecular complexity index is 392. The van der Waals surface area contributed by atoms with E-state index < -0.39 is 0 Å². The number of piperidine rings is 1. The summed E-state index contributed by atoms with van der Waals surface area (Å²) in [5.41, 5.74) is 0. The summed E-state index contributed by atoms with van der Waals surface area (Å²) in [4.78, 5) is 15.4. The van der Waals surface area contributed by atoms with Gasteiger partial charge in [-0.25, -0.2) is 0 Å². The van der Waals surface area contributed by atoms with Crippen LogP contribution < -0.4 is 0 Å². The van der Waals surface area contributed by atoms with Gasteiger partial charge in [0.2, 0.25) is 0 Å². The van der Waals surface area contributed by atoms with Crippen LogP contribution in [0.15, 0.2) is 15.9 Å². The quantitative estimate of drug-likeness (QED) is 0.716. The van der Waals surface area contributed by atoms with Crippen molar-refractivity contribution in [3.63, 3.8) is 0 Å². The summed E-state index contributed by atoms with van der Waals surface area (Å²) in [6.45, 7) is 0.904. The molecule has 1 aliphatic heterocycles. The molecule has 0 bridgehead atoms. The van der Waals surface area contributed by atoms with Crippen molar-refractivity contribution in [3.05, 3.63) is 20.8 Å². The smallest absolute Gasteiger partial charge is 0.265 e. The second-order valence-electron chi connectivity index (χ2n) is 4.22. The van der Waals surface area contributed by atoms with Crippen molar-refractivity contribution in [1.82, 2.24) is 4.90 Å².